The van der Waals surface area contributed by atoms with Crippen molar-refractivity contribution in [1.29, 1.82) is 0 Å². The molecule has 0 fully saturated rings. The van der Waals surface area contributed by atoms with Crippen molar-refractivity contribution in [2.75, 3.05) is 30.4 Å². The zero-order valence-corrected chi connectivity index (χ0v) is 14.9. The highest BCUT2D eigenvalue weighted by Gasteiger charge is 2.13. The third-order valence-electron chi connectivity index (χ3n) is 4.08. The Hall–Kier alpha value is -3.28. The van der Waals surface area contributed by atoms with Gasteiger partial charge in [-0.25, -0.2) is 0 Å². The molecule has 0 bridgehead atoms. The molecule has 0 atom stereocenters. The fourth-order valence-corrected chi connectivity index (χ4v) is 2.77. The van der Waals surface area contributed by atoms with Crippen molar-refractivity contribution < 1.29 is 9.53 Å². The number of likely N-dealkylation sites (N-methyl/N-ethyl adjacent to an activating group) is 1. The first-order chi connectivity index (χ1) is 12.7. The molecule has 0 spiro atoms. The maximum absolute atomic E-state index is 12.4. The lowest BCUT2D eigenvalue weighted by molar-refractivity contribution is -0.115. The number of aromatic amines is 1. The number of anilines is 2. The number of H-pyrrole nitrogens is 1. The Morgan fingerprint density at radius 2 is 1.88 bits per heavy atom. The summed E-state index contributed by atoms with van der Waals surface area (Å²) in [5.41, 5.74) is 2.69. The molecule has 2 N–H and O–H groups in total. The molecular formula is C20H22N4O2. The minimum atomic E-state index is -0.117. The van der Waals surface area contributed by atoms with Gasteiger partial charge in [-0.1, -0.05) is 30.3 Å². The van der Waals surface area contributed by atoms with Crippen molar-refractivity contribution in [2.24, 2.45) is 0 Å². The molecule has 0 aliphatic rings. The number of aromatic nitrogens is 2. The summed E-state index contributed by atoms with van der Waals surface area (Å²) in [6.07, 6.45) is 0. The second kappa shape index (κ2) is 8.20. The molecule has 0 saturated heterocycles. The third kappa shape index (κ3) is 4.03. The number of carbonyl (C=O) groups is 1. The molecule has 1 amide bonds. The van der Waals surface area contributed by atoms with E-state index in [9.17, 15) is 4.79 Å². The van der Waals surface area contributed by atoms with Gasteiger partial charge in [0, 0.05) is 23.9 Å². The van der Waals surface area contributed by atoms with Gasteiger partial charge in [-0.05, 0) is 31.2 Å². The van der Waals surface area contributed by atoms with Gasteiger partial charge in [0.25, 0.3) is 0 Å². The number of benzene rings is 2. The van der Waals surface area contributed by atoms with Crippen molar-refractivity contribution in [2.45, 2.75) is 6.92 Å². The van der Waals surface area contributed by atoms with Crippen LogP contribution in [0.3, 0.4) is 0 Å². The summed E-state index contributed by atoms with van der Waals surface area (Å²) in [5, 5.41) is 9.97. The Kier molecular flexibility index (Phi) is 5.53. The first-order valence-corrected chi connectivity index (χ1v) is 8.50. The van der Waals surface area contributed by atoms with Crippen molar-refractivity contribution in [3.63, 3.8) is 0 Å². The highest BCUT2D eigenvalue weighted by Crippen LogP contribution is 2.29. The molecule has 0 aliphatic heterocycles. The van der Waals surface area contributed by atoms with E-state index >= 15 is 0 Å². The predicted molar refractivity (Wildman–Crippen MR) is 104 cm³/mol. The van der Waals surface area contributed by atoms with Crippen LogP contribution in [0.5, 0.6) is 5.75 Å². The van der Waals surface area contributed by atoms with Gasteiger partial charge in [-0.2, -0.15) is 5.10 Å². The normalized spacial score (nSPS) is 10.4. The maximum Gasteiger partial charge on any atom is 0.245 e. The van der Waals surface area contributed by atoms with E-state index in [2.05, 4.69) is 15.5 Å². The molecule has 0 saturated carbocycles. The lowest BCUT2D eigenvalue weighted by atomic mass is 10.1. The SMILES string of the molecule is CCN(CC(=O)Nc1cc(-c2ccccc2OC)[nH]n1)c1ccccc1. The van der Waals surface area contributed by atoms with Crippen LogP contribution in [0.15, 0.2) is 60.7 Å². The quantitative estimate of drug-likeness (QED) is 0.684. The van der Waals surface area contributed by atoms with Crippen LogP contribution < -0.4 is 15.0 Å². The second-order valence-corrected chi connectivity index (χ2v) is 5.77. The zero-order valence-electron chi connectivity index (χ0n) is 14.9. The largest absolute Gasteiger partial charge is 0.496 e. The number of nitrogens with one attached hydrogen (secondary N) is 2. The van der Waals surface area contributed by atoms with Crippen molar-refractivity contribution in [3.05, 3.63) is 60.7 Å². The number of rotatable bonds is 7. The summed E-state index contributed by atoms with van der Waals surface area (Å²) in [5.74, 6) is 1.11. The van der Waals surface area contributed by atoms with Crippen LogP contribution in [0.25, 0.3) is 11.3 Å². The van der Waals surface area contributed by atoms with E-state index in [0.717, 1.165) is 29.2 Å². The zero-order chi connectivity index (χ0) is 18.4. The van der Waals surface area contributed by atoms with E-state index in [1.54, 1.807) is 13.2 Å². The van der Waals surface area contributed by atoms with Gasteiger partial charge in [0.15, 0.2) is 5.82 Å². The summed E-state index contributed by atoms with van der Waals surface area (Å²) < 4.78 is 5.36. The van der Waals surface area contributed by atoms with Gasteiger partial charge in [0.1, 0.15) is 5.75 Å². The fraction of sp³-hybridized carbons (Fsp3) is 0.200. The number of carbonyl (C=O) groups excluding carboxylic acids is 1. The molecule has 26 heavy (non-hydrogen) atoms. The molecule has 6 heteroatoms. The van der Waals surface area contributed by atoms with Gasteiger partial charge in [-0.15, -0.1) is 0 Å². The van der Waals surface area contributed by atoms with E-state index in [0.29, 0.717) is 5.82 Å². The average Bonchev–Trinajstić information content (AvgIpc) is 3.15. The molecule has 134 valence electrons. The minimum Gasteiger partial charge on any atom is -0.496 e. The third-order valence-corrected chi connectivity index (χ3v) is 4.08. The standard InChI is InChI=1S/C20H22N4O2/c1-3-24(15-9-5-4-6-10-15)14-20(25)21-19-13-17(22-23-19)16-11-7-8-12-18(16)26-2/h4-13H,3,14H2,1-2H3,(H2,21,22,23,25). The summed E-state index contributed by atoms with van der Waals surface area (Å²) in [6, 6.07) is 19.3. The molecule has 1 heterocycles. The first-order valence-electron chi connectivity index (χ1n) is 8.50. The van der Waals surface area contributed by atoms with Crippen molar-refractivity contribution >= 4 is 17.4 Å². The number of ether oxygens (including phenoxy) is 1. The van der Waals surface area contributed by atoms with E-state index in [-0.39, 0.29) is 12.5 Å². The number of hydrogen-bond donors (Lipinski definition) is 2. The van der Waals surface area contributed by atoms with Crippen LogP contribution in [0.1, 0.15) is 6.92 Å². The lowest BCUT2D eigenvalue weighted by Gasteiger charge is -2.22. The van der Waals surface area contributed by atoms with Crippen molar-refractivity contribution in [1.82, 2.24) is 10.2 Å². The lowest BCUT2D eigenvalue weighted by Crippen LogP contribution is -2.33. The van der Waals surface area contributed by atoms with Crippen molar-refractivity contribution in [3.8, 4) is 17.0 Å². The highest BCUT2D eigenvalue weighted by molar-refractivity contribution is 5.93. The molecule has 0 radical (unpaired) electrons. The summed E-state index contributed by atoms with van der Waals surface area (Å²) in [7, 11) is 1.63. The number of methoxy groups -OCH3 is 1. The van der Waals surface area contributed by atoms with E-state index in [4.69, 9.17) is 4.74 Å². The first kappa shape index (κ1) is 17.5. The van der Waals surface area contributed by atoms with Gasteiger partial charge in [0.05, 0.1) is 19.3 Å². The Bertz CT molecular complexity index is 861. The van der Waals surface area contributed by atoms with Crippen LogP contribution in [-0.4, -0.2) is 36.3 Å². The Labute approximate surface area is 152 Å². The molecule has 0 aliphatic carbocycles. The van der Waals surface area contributed by atoms with E-state index in [1.807, 2.05) is 66.4 Å². The highest BCUT2D eigenvalue weighted by atomic mass is 16.5. The summed E-state index contributed by atoms with van der Waals surface area (Å²) in [4.78, 5) is 14.4. The van der Waals surface area contributed by atoms with Crippen LogP contribution >= 0.6 is 0 Å². The van der Waals surface area contributed by atoms with Gasteiger partial charge >= 0.3 is 0 Å². The Morgan fingerprint density at radius 3 is 2.62 bits per heavy atom. The second-order valence-electron chi connectivity index (χ2n) is 5.77. The van der Waals surface area contributed by atoms with E-state index < -0.39 is 0 Å². The Balaban J connectivity index is 1.68. The Morgan fingerprint density at radius 1 is 1.15 bits per heavy atom. The van der Waals surface area contributed by atoms with Gasteiger partial charge < -0.3 is 15.0 Å². The molecule has 3 aromatic rings. The smallest absolute Gasteiger partial charge is 0.245 e. The van der Waals surface area contributed by atoms with Gasteiger partial charge in [-0.3, -0.25) is 9.89 Å². The van der Waals surface area contributed by atoms with Crippen LogP contribution in [0.2, 0.25) is 0 Å². The monoisotopic (exact) mass is 350 g/mol. The van der Waals surface area contributed by atoms with Gasteiger partial charge in [0.2, 0.25) is 5.91 Å². The molecule has 2 aromatic carbocycles. The fourth-order valence-electron chi connectivity index (χ4n) is 2.77. The number of para-hydroxylation sites is 2. The topological polar surface area (TPSA) is 70.2 Å². The maximum atomic E-state index is 12.4. The van der Waals surface area contributed by atoms with Crippen LogP contribution in [0.4, 0.5) is 11.5 Å². The number of nitrogens with zero attached hydrogens (tertiary/aromatic N) is 2. The molecule has 1 aromatic heterocycles. The van der Waals surface area contributed by atoms with Crippen LogP contribution in [-0.2, 0) is 4.79 Å². The number of amides is 1. The number of hydrogen-bond acceptors (Lipinski definition) is 4. The average molecular weight is 350 g/mol. The molecule has 0 unspecified atom stereocenters. The molecule has 6 nitrogen and oxygen atoms in total. The molecular weight excluding hydrogens is 328 g/mol. The predicted octanol–water partition coefficient (Wildman–Crippen LogP) is 3.55. The minimum absolute atomic E-state index is 0.117. The molecule has 3 rings (SSSR count). The summed E-state index contributed by atoms with van der Waals surface area (Å²) in [6.45, 7) is 3.02. The summed E-state index contributed by atoms with van der Waals surface area (Å²) >= 11 is 0. The van der Waals surface area contributed by atoms with Crippen LogP contribution in [0, 0.1) is 0 Å². The van der Waals surface area contributed by atoms with E-state index in [1.165, 1.54) is 0 Å².